The second kappa shape index (κ2) is 9.97. The Bertz CT molecular complexity index is 1340. The van der Waals surface area contributed by atoms with Gasteiger partial charge in [0.15, 0.2) is 5.78 Å². The molecule has 0 aromatic heterocycles. The van der Waals surface area contributed by atoms with E-state index in [0.717, 1.165) is 42.2 Å². The Labute approximate surface area is 219 Å². The van der Waals surface area contributed by atoms with Crippen LogP contribution in [0.1, 0.15) is 68.1 Å². The maximum atomic E-state index is 13.6. The number of rotatable bonds is 6. The molecule has 37 heavy (non-hydrogen) atoms. The Balaban J connectivity index is 1.57. The van der Waals surface area contributed by atoms with Crippen molar-refractivity contribution < 1.29 is 9.59 Å². The lowest BCUT2D eigenvalue weighted by Crippen LogP contribution is -2.42. The van der Waals surface area contributed by atoms with Gasteiger partial charge in [-0.05, 0) is 61.6 Å². The van der Waals surface area contributed by atoms with Gasteiger partial charge in [0.1, 0.15) is 5.78 Å². The fraction of sp³-hybridized carbons (Fsp3) is 0.344. The highest BCUT2D eigenvalue weighted by Gasteiger charge is 2.44. The molecule has 5 heteroatoms. The average molecular weight is 494 g/mol. The fourth-order valence-corrected chi connectivity index (χ4v) is 5.72. The number of Topliss-reactive ketones (excluding diaryl/α,β-unsaturated/α-hetero) is 1. The maximum Gasteiger partial charge on any atom is 0.193 e. The predicted octanol–water partition coefficient (Wildman–Crippen LogP) is 7.01. The number of hydrogen-bond donors (Lipinski definition) is 1. The van der Waals surface area contributed by atoms with E-state index in [1.54, 1.807) is 0 Å². The van der Waals surface area contributed by atoms with Crippen LogP contribution in [0, 0.1) is 11.3 Å². The van der Waals surface area contributed by atoms with E-state index in [9.17, 15) is 9.59 Å². The molecule has 0 saturated heterocycles. The molecule has 1 aliphatic carbocycles. The van der Waals surface area contributed by atoms with Gasteiger partial charge in [0.25, 0.3) is 0 Å². The van der Waals surface area contributed by atoms with E-state index in [0.29, 0.717) is 17.5 Å². The third-order valence-electron chi connectivity index (χ3n) is 7.60. The molecular formula is C32H35N3O2. The lowest BCUT2D eigenvalue weighted by Gasteiger charge is -2.37. The molecule has 1 saturated carbocycles. The Kier molecular flexibility index (Phi) is 6.72. The summed E-state index contributed by atoms with van der Waals surface area (Å²) in [5.74, 6) is -0.158. The van der Waals surface area contributed by atoms with Crippen LogP contribution in [0.4, 0.5) is 17.1 Å². The summed E-state index contributed by atoms with van der Waals surface area (Å²) in [6, 6.07) is 23.3. The number of carbonyl (C=O) groups excluding carboxylic acids is 2. The molecular weight excluding hydrogens is 458 g/mol. The molecule has 0 unspecified atom stereocenters. The number of carbonyl (C=O) groups is 2. The van der Waals surface area contributed by atoms with Crippen LogP contribution in [-0.4, -0.2) is 30.4 Å². The van der Waals surface area contributed by atoms with Crippen molar-refractivity contribution in [2.45, 2.75) is 46.6 Å². The first-order valence-corrected chi connectivity index (χ1v) is 13.2. The van der Waals surface area contributed by atoms with Gasteiger partial charge in [-0.15, -0.1) is 0 Å². The molecule has 0 spiro atoms. The lowest BCUT2D eigenvalue weighted by atomic mass is 9.68. The summed E-state index contributed by atoms with van der Waals surface area (Å²) in [5.41, 5.74) is 5.80. The number of nitrogens with zero attached hydrogens (tertiary/aromatic N) is 2. The monoisotopic (exact) mass is 493 g/mol. The van der Waals surface area contributed by atoms with E-state index in [1.807, 2.05) is 48.5 Å². The standard InChI is InChI=1S/C32H35N3O2/c1-5-35(6-2)24-15-12-21(13-16-24)30-29-27(19-32(3,4)20-28(29)36)33-26-18-23(14-17-25(26)34-30)31(37)22-10-8-7-9-11-22/h7-18,29-30,34H,5-6,19-20H2,1-4H3/t29-,30-/m0/s1. The van der Waals surface area contributed by atoms with E-state index >= 15 is 0 Å². The molecule has 0 radical (unpaired) electrons. The Morgan fingerprint density at radius 1 is 0.946 bits per heavy atom. The van der Waals surface area contributed by atoms with Crippen LogP contribution in [-0.2, 0) is 4.79 Å². The van der Waals surface area contributed by atoms with Gasteiger partial charge < -0.3 is 10.2 Å². The lowest BCUT2D eigenvalue weighted by molar-refractivity contribution is -0.124. The number of nitrogens with one attached hydrogen (secondary N) is 1. The van der Waals surface area contributed by atoms with Gasteiger partial charge in [0, 0.05) is 42.0 Å². The van der Waals surface area contributed by atoms with Crippen molar-refractivity contribution in [3.63, 3.8) is 0 Å². The first-order valence-electron chi connectivity index (χ1n) is 13.2. The van der Waals surface area contributed by atoms with Crippen LogP contribution in [0.2, 0.25) is 0 Å². The van der Waals surface area contributed by atoms with Crippen molar-refractivity contribution in [2.24, 2.45) is 16.3 Å². The van der Waals surface area contributed by atoms with Crippen LogP contribution in [0.5, 0.6) is 0 Å². The smallest absolute Gasteiger partial charge is 0.193 e. The highest BCUT2D eigenvalue weighted by molar-refractivity contribution is 6.12. The average Bonchev–Trinajstić information content (AvgIpc) is 3.05. The molecule has 2 aliphatic rings. The number of anilines is 2. The van der Waals surface area contributed by atoms with E-state index < -0.39 is 0 Å². The summed E-state index contributed by atoms with van der Waals surface area (Å²) in [6.45, 7) is 10.5. The third kappa shape index (κ3) is 4.95. The molecule has 3 aromatic carbocycles. The largest absolute Gasteiger partial charge is 0.375 e. The zero-order valence-electron chi connectivity index (χ0n) is 22.1. The van der Waals surface area contributed by atoms with E-state index in [1.165, 1.54) is 5.69 Å². The van der Waals surface area contributed by atoms with Gasteiger partial charge in [-0.25, -0.2) is 0 Å². The van der Waals surface area contributed by atoms with Crippen molar-refractivity contribution in [3.8, 4) is 0 Å². The zero-order chi connectivity index (χ0) is 26.2. The molecule has 2 atom stereocenters. The van der Waals surface area contributed by atoms with Gasteiger partial charge in [0.2, 0.25) is 0 Å². The van der Waals surface area contributed by atoms with Crippen molar-refractivity contribution >= 4 is 34.3 Å². The van der Waals surface area contributed by atoms with Gasteiger partial charge in [-0.3, -0.25) is 14.6 Å². The minimum Gasteiger partial charge on any atom is -0.375 e. The van der Waals surface area contributed by atoms with Crippen molar-refractivity contribution in [1.82, 2.24) is 0 Å². The number of hydrogen-bond acceptors (Lipinski definition) is 5. The Morgan fingerprint density at radius 2 is 1.65 bits per heavy atom. The first-order chi connectivity index (χ1) is 17.8. The molecule has 0 bridgehead atoms. The quantitative estimate of drug-likeness (QED) is 0.375. The highest BCUT2D eigenvalue weighted by Crippen LogP contribution is 2.45. The van der Waals surface area contributed by atoms with Crippen LogP contribution in [0.15, 0.2) is 77.8 Å². The van der Waals surface area contributed by atoms with Gasteiger partial charge >= 0.3 is 0 Å². The molecule has 5 rings (SSSR count). The van der Waals surface area contributed by atoms with Crippen LogP contribution in [0.3, 0.4) is 0 Å². The van der Waals surface area contributed by atoms with E-state index in [4.69, 9.17) is 4.99 Å². The summed E-state index contributed by atoms with van der Waals surface area (Å²) in [4.78, 5) is 34.1. The fourth-order valence-electron chi connectivity index (χ4n) is 5.72. The zero-order valence-corrected chi connectivity index (χ0v) is 22.1. The number of ketones is 2. The van der Waals surface area contributed by atoms with E-state index in [2.05, 4.69) is 62.2 Å². The van der Waals surface area contributed by atoms with Gasteiger partial charge in [-0.2, -0.15) is 0 Å². The second-order valence-corrected chi connectivity index (χ2v) is 10.9. The number of fused-ring (bicyclic) bond motifs is 2. The SMILES string of the molecule is CCN(CC)c1ccc([C@@H]2Nc3ccc(C(=O)c4ccccc4)cc3N=C3CC(C)(C)CC(=O)[C@H]32)cc1. The minimum absolute atomic E-state index is 0.0343. The highest BCUT2D eigenvalue weighted by atomic mass is 16.1. The molecule has 5 nitrogen and oxygen atoms in total. The topological polar surface area (TPSA) is 61.8 Å². The van der Waals surface area contributed by atoms with Crippen molar-refractivity contribution in [2.75, 3.05) is 23.3 Å². The molecule has 190 valence electrons. The number of benzene rings is 3. The van der Waals surface area contributed by atoms with Crippen molar-refractivity contribution in [1.29, 1.82) is 0 Å². The molecule has 1 aliphatic heterocycles. The summed E-state index contributed by atoms with van der Waals surface area (Å²) < 4.78 is 0. The second-order valence-electron chi connectivity index (χ2n) is 10.9. The molecule has 1 heterocycles. The van der Waals surface area contributed by atoms with Gasteiger partial charge in [0.05, 0.1) is 23.3 Å². The normalized spacial score (nSPS) is 20.1. The van der Waals surface area contributed by atoms with E-state index in [-0.39, 0.29) is 28.9 Å². The molecule has 0 amide bonds. The predicted molar refractivity (Wildman–Crippen MR) is 151 cm³/mol. The van der Waals surface area contributed by atoms with Crippen LogP contribution >= 0.6 is 0 Å². The van der Waals surface area contributed by atoms with Gasteiger partial charge in [-0.1, -0.05) is 56.3 Å². The number of aliphatic imine (C=N–C) groups is 1. The third-order valence-corrected chi connectivity index (χ3v) is 7.60. The summed E-state index contributed by atoms with van der Waals surface area (Å²) in [7, 11) is 0. The Morgan fingerprint density at radius 3 is 2.32 bits per heavy atom. The maximum absolute atomic E-state index is 13.6. The van der Waals surface area contributed by atoms with Crippen molar-refractivity contribution in [3.05, 3.63) is 89.5 Å². The summed E-state index contributed by atoms with van der Waals surface area (Å²) >= 11 is 0. The minimum atomic E-state index is -0.340. The first kappa shape index (κ1) is 24.9. The van der Waals surface area contributed by atoms with Crippen LogP contribution in [0.25, 0.3) is 0 Å². The summed E-state index contributed by atoms with van der Waals surface area (Å²) in [6.07, 6.45) is 1.27. The Hall–Kier alpha value is -3.73. The molecule has 1 N–H and O–H groups in total. The van der Waals surface area contributed by atoms with Crippen LogP contribution < -0.4 is 10.2 Å². The molecule has 3 aromatic rings. The summed E-state index contributed by atoms with van der Waals surface area (Å²) in [5, 5.41) is 3.65. The molecule has 1 fully saturated rings.